The van der Waals surface area contributed by atoms with Crippen molar-refractivity contribution in [2.24, 2.45) is 17.8 Å². The van der Waals surface area contributed by atoms with Gasteiger partial charge in [-0.3, -0.25) is 9.59 Å². The van der Waals surface area contributed by atoms with Crippen molar-refractivity contribution in [2.45, 2.75) is 38.7 Å². The Labute approximate surface area is 144 Å². The number of nitrogens with one attached hydrogen (secondary N) is 3. The van der Waals surface area contributed by atoms with Crippen molar-refractivity contribution in [2.75, 3.05) is 5.32 Å². The molecule has 132 valence electrons. The summed E-state index contributed by atoms with van der Waals surface area (Å²) in [5.74, 6) is 0.409. The molecular formula is C18H21N3O4. The molecule has 0 saturated heterocycles. The van der Waals surface area contributed by atoms with Gasteiger partial charge in [-0.05, 0) is 56.2 Å². The van der Waals surface area contributed by atoms with Crippen LogP contribution in [0.25, 0.3) is 11.0 Å². The third kappa shape index (κ3) is 3.06. The van der Waals surface area contributed by atoms with E-state index in [4.69, 9.17) is 4.74 Å². The molecule has 1 amide bonds. The first-order chi connectivity index (χ1) is 12.0. The summed E-state index contributed by atoms with van der Waals surface area (Å²) in [5, 5.41) is 2.72. The summed E-state index contributed by atoms with van der Waals surface area (Å²) in [5.41, 5.74) is 1.51. The molecule has 0 spiro atoms. The van der Waals surface area contributed by atoms with E-state index >= 15 is 0 Å². The summed E-state index contributed by atoms with van der Waals surface area (Å²) in [6, 6.07) is 5.05. The van der Waals surface area contributed by atoms with Crippen LogP contribution in [0.4, 0.5) is 5.69 Å². The fourth-order valence-electron chi connectivity index (χ4n) is 4.20. The van der Waals surface area contributed by atoms with Gasteiger partial charge in [0.15, 0.2) is 6.10 Å². The summed E-state index contributed by atoms with van der Waals surface area (Å²) in [4.78, 5) is 41.2. The van der Waals surface area contributed by atoms with Gasteiger partial charge in [0.2, 0.25) is 0 Å². The van der Waals surface area contributed by atoms with Crippen LogP contribution in [0.1, 0.15) is 32.6 Å². The van der Waals surface area contributed by atoms with E-state index in [2.05, 4.69) is 15.3 Å². The van der Waals surface area contributed by atoms with Gasteiger partial charge in [-0.25, -0.2) is 4.79 Å². The van der Waals surface area contributed by atoms with Crippen LogP contribution in [0.3, 0.4) is 0 Å². The number of carbonyl (C=O) groups is 2. The third-order valence-corrected chi connectivity index (χ3v) is 5.49. The SMILES string of the molecule is C[C@@H](OC(=O)[C@H]1C[C@H]2CC[C@H]1C2)C(=O)Nc1ccc2[nH]c(=O)[nH]c2c1. The molecule has 7 nitrogen and oxygen atoms in total. The van der Waals surface area contributed by atoms with Gasteiger partial charge in [-0.2, -0.15) is 0 Å². The quantitative estimate of drug-likeness (QED) is 0.740. The van der Waals surface area contributed by atoms with Gasteiger partial charge in [0.05, 0.1) is 17.0 Å². The zero-order valence-corrected chi connectivity index (χ0v) is 14.0. The van der Waals surface area contributed by atoms with Crippen molar-refractivity contribution in [3.8, 4) is 0 Å². The predicted octanol–water partition coefficient (Wildman–Crippen LogP) is 2.16. The Balaban J connectivity index is 1.37. The number of esters is 1. The lowest BCUT2D eigenvalue weighted by atomic mass is 9.89. The average Bonchev–Trinajstić information content (AvgIpc) is 3.28. The van der Waals surface area contributed by atoms with Gasteiger partial charge < -0.3 is 20.0 Å². The molecule has 2 saturated carbocycles. The first-order valence-corrected chi connectivity index (χ1v) is 8.73. The normalized spacial score (nSPS) is 25.9. The number of imidazole rings is 1. The van der Waals surface area contributed by atoms with Crippen LogP contribution in [0.2, 0.25) is 0 Å². The second-order valence-corrected chi connectivity index (χ2v) is 7.19. The number of hydrogen-bond donors (Lipinski definition) is 3. The molecule has 2 fully saturated rings. The summed E-state index contributed by atoms with van der Waals surface area (Å²) in [7, 11) is 0. The van der Waals surface area contributed by atoms with Crippen LogP contribution in [0, 0.1) is 17.8 Å². The topological polar surface area (TPSA) is 104 Å². The van der Waals surface area contributed by atoms with Crippen molar-refractivity contribution in [1.82, 2.24) is 9.97 Å². The van der Waals surface area contributed by atoms with Crippen molar-refractivity contribution in [3.05, 3.63) is 28.7 Å². The molecule has 1 aromatic carbocycles. The maximum Gasteiger partial charge on any atom is 0.323 e. The summed E-state index contributed by atoms with van der Waals surface area (Å²) < 4.78 is 5.40. The number of aromatic amines is 2. The molecule has 4 atom stereocenters. The maximum atomic E-state index is 12.3. The fraction of sp³-hybridized carbons (Fsp3) is 0.500. The largest absolute Gasteiger partial charge is 0.452 e. The van der Waals surface area contributed by atoms with Gasteiger partial charge in [0.1, 0.15) is 0 Å². The Hall–Kier alpha value is -2.57. The first kappa shape index (κ1) is 15.9. The molecule has 2 bridgehead atoms. The van der Waals surface area contributed by atoms with Crippen molar-refractivity contribution in [3.63, 3.8) is 0 Å². The smallest absolute Gasteiger partial charge is 0.323 e. The maximum absolute atomic E-state index is 12.3. The molecule has 0 aliphatic heterocycles. The second-order valence-electron chi connectivity index (χ2n) is 7.19. The lowest BCUT2D eigenvalue weighted by molar-refractivity contribution is -0.158. The molecule has 2 aromatic rings. The predicted molar refractivity (Wildman–Crippen MR) is 92.0 cm³/mol. The minimum Gasteiger partial charge on any atom is -0.452 e. The number of hydrogen-bond acceptors (Lipinski definition) is 4. The molecule has 25 heavy (non-hydrogen) atoms. The third-order valence-electron chi connectivity index (χ3n) is 5.49. The van der Waals surface area contributed by atoms with E-state index in [-0.39, 0.29) is 23.5 Å². The molecule has 4 rings (SSSR count). The van der Waals surface area contributed by atoms with Crippen LogP contribution in [0.15, 0.2) is 23.0 Å². The van der Waals surface area contributed by atoms with Crippen LogP contribution in [0.5, 0.6) is 0 Å². The van der Waals surface area contributed by atoms with Crippen molar-refractivity contribution >= 4 is 28.6 Å². The van der Waals surface area contributed by atoms with Crippen molar-refractivity contribution in [1.29, 1.82) is 0 Å². The van der Waals surface area contributed by atoms with Crippen LogP contribution in [-0.4, -0.2) is 27.9 Å². The molecule has 7 heteroatoms. The summed E-state index contributed by atoms with van der Waals surface area (Å²) >= 11 is 0. The van der Waals surface area contributed by atoms with Crippen molar-refractivity contribution < 1.29 is 14.3 Å². The number of benzene rings is 1. The van der Waals surface area contributed by atoms with Gasteiger partial charge in [0.25, 0.3) is 5.91 Å². The van der Waals surface area contributed by atoms with E-state index < -0.39 is 6.10 Å². The molecule has 0 radical (unpaired) electrons. The molecule has 1 aromatic heterocycles. The lowest BCUT2D eigenvalue weighted by Gasteiger charge is -2.22. The number of aromatic nitrogens is 2. The Morgan fingerprint density at radius 1 is 1.20 bits per heavy atom. The van der Waals surface area contributed by atoms with E-state index in [1.165, 1.54) is 6.42 Å². The zero-order chi connectivity index (χ0) is 17.6. The zero-order valence-electron chi connectivity index (χ0n) is 14.0. The minimum atomic E-state index is -0.854. The number of rotatable bonds is 4. The highest BCUT2D eigenvalue weighted by Gasteiger charge is 2.44. The molecule has 2 aliphatic rings. The van der Waals surface area contributed by atoms with Gasteiger partial charge in [0, 0.05) is 5.69 Å². The minimum absolute atomic E-state index is 0.0460. The Bertz CT molecular complexity index is 884. The van der Waals surface area contributed by atoms with Crippen LogP contribution < -0.4 is 11.0 Å². The van der Waals surface area contributed by atoms with Gasteiger partial charge in [-0.1, -0.05) is 6.42 Å². The molecule has 1 heterocycles. The highest BCUT2D eigenvalue weighted by atomic mass is 16.5. The molecule has 0 unspecified atom stereocenters. The van der Waals surface area contributed by atoms with E-state index in [0.29, 0.717) is 28.6 Å². The Kier molecular flexibility index (Phi) is 3.86. The number of anilines is 1. The lowest BCUT2D eigenvalue weighted by Crippen LogP contribution is -2.33. The Morgan fingerprint density at radius 2 is 2.00 bits per heavy atom. The molecule has 3 N–H and O–H groups in total. The van der Waals surface area contributed by atoms with E-state index in [1.807, 2.05) is 0 Å². The van der Waals surface area contributed by atoms with E-state index in [0.717, 1.165) is 19.3 Å². The second kappa shape index (κ2) is 6.06. The fourth-order valence-corrected chi connectivity index (χ4v) is 4.20. The highest BCUT2D eigenvalue weighted by Crippen LogP contribution is 2.48. The average molecular weight is 343 g/mol. The molecular weight excluding hydrogens is 322 g/mol. The number of carbonyl (C=O) groups excluding carboxylic acids is 2. The van der Waals surface area contributed by atoms with Crippen LogP contribution in [-0.2, 0) is 14.3 Å². The Morgan fingerprint density at radius 3 is 2.72 bits per heavy atom. The van der Waals surface area contributed by atoms with E-state index in [9.17, 15) is 14.4 Å². The first-order valence-electron chi connectivity index (χ1n) is 8.73. The standard InChI is InChI=1S/C18H21N3O4/c1-9(25-17(23)13-7-10-2-3-11(13)6-10)16(22)19-12-4-5-14-15(8-12)21-18(24)20-14/h4-5,8-11,13H,2-3,6-7H2,1H3,(H,19,22)(H2,20,21,24)/t9-,10+,11+,13+/m1/s1. The van der Waals surface area contributed by atoms with Gasteiger partial charge >= 0.3 is 11.7 Å². The highest BCUT2D eigenvalue weighted by molar-refractivity contribution is 5.96. The number of H-pyrrole nitrogens is 2. The van der Waals surface area contributed by atoms with Crippen LogP contribution >= 0.6 is 0 Å². The van der Waals surface area contributed by atoms with E-state index in [1.54, 1.807) is 25.1 Å². The number of amides is 1. The summed E-state index contributed by atoms with van der Waals surface area (Å²) in [6.07, 6.45) is 3.48. The van der Waals surface area contributed by atoms with Gasteiger partial charge in [-0.15, -0.1) is 0 Å². The molecule has 2 aliphatic carbocycles. The monoisotopic (exact) mass is 343 g/mol. The summed E-state index contributed by atoms with van der Waals surface area (Å²) in [6.45, 7) is 1.58. The number of ether oxygens (including phenoxy) is 1. The number of fused-ring (bicyclic) bond motifs is 3.